The van der Waals surface area contributed by atoms with Gasteiger partial charge < -0.3 is 15.4 Å². The summed E-state index contributed by atoms with van der Waals surface area (Å²) in [7, 11) is 0. The quantitative estimate of drug-likeness (QED) is 0.342. The third-order valence-corrected chi connectivity index (χ3v) is 3.13. The number of carbonyl (C=O) groups is 1. The topological polar surface area (TPSA) is 81.8 Å². The maximum Gasteiger partial charge on any atom is 0.317 e. The number of nitrogens with two attached hydrogens (primary N) is 1. The van der Waals surface area contributed by atoms with Crippen LogP contribution in [-0.4, -0.2) is 58.2 Å². The van der Waals surface area contributed by atoms with Gasteiger partial charge in [0.2, 0.25) is 0 Å². The molecule has 0 bridgehead atoms. The van der Waals surface area contributed by atoms with Gasteiger partial charge in [0.25, 0.3) is 0 Å². The maximum absolute atomic E-state index is 10.6. The molecule has 1 aliphatic heterocycles. The van der Waals surface area contributed by atoms with Gasteiger partial charge in [0.1, 0.15) is 0 Å². The number of piperazine rings is 1. The largest absolute Gasteiger partial charge is 0.480 e. The zero-order valence-electron chi connectivity index (χ0n) is 9.35. The second-order valence-corrected chi connectivity index (χ2v) is 4.22. The van der Waals surface area contributed by atoms with Gasteiger partial charge in [0, 0.05) is 25.7 Å². The van der Waals surface area contributed by atoms with Crippen molar-refractivity contribution in [2.45, 2.75) is 19.4 Å². The summed E-state index contributed by atoms with van der Waals surface area (Å²) in [5, 5.41) is 9.26. The van der Waals surface area contributed by atoms with Crippen molar-refractivity contribution in [2.75, 3.05) is 26.2 Å². The Kier molecular flexibility index (Phi) is 4.91. The molecule has 1 rings (SSSR count). The van der Waals surface area contributed by atoms with Crippen molar-refractivity contribution in [1.29, 1.82) is 0 Å². The van der Waals surface area contributed by atoms with Crippen LogP contribution < -0.4 is 11.3 Å². The summed E-state index contributed by atoms with van der Waals surface area (Å²) in [6.45, 7) is 4.28. The first-order valence-electron chi connectivity index (χ1n) is 5.29. The van der Waals surface area contributed by atoms with Crippen LogP contribution in [0.4, 0.5) is 0 Å². The smallest absolute Gasteiger partial charge is 0.317 e. The Balaban J connectivity index is 2.56. The molecular formula is C9H18N4O2S. The fourth-order valence-corrected chi connectivity index (χ4v) is 2.19. The van der Waals surface area contributed by atoms with Crippen LogP contribution in [0.1, 0.15) is 13.3 Å². The van der Waals surface area contributed by atoms with Crippen LogP contribution in [0.3, 0.4) is 0 Å². The number of carboxylic acids is 1. The Hall–Kier alpha value is -0.920. The molecule has 1 heterocycles. The molecule has 1 saturated heterocycles. The summed E-state index contributed by atoms with van der Waals surface area (Å²) >= 11 is 5.10. The molecule has 4 N–H and O–H groups in total. The van der Waals surface area contributed by atoms with Gasteiger partial charge in [0.15, 0.2) is 5.11 Å². The Labute approximate surface area is 100 Å². The Bertz CT molecular complexity index is 274. The Morgan fingerprint density at radius 2 is 2.31 bits per heavy atom. The minimum absolute atomic E-state index is 0.0904. The second kappa shape index (κ2) is 5.97. The molecular weight excluding hydrogens is 228 g/mol. The van der Waals surface area contributed by atoms with Crippen molar-refractivity contribution in [3.63, 3.8) is 0 Å². The van der Waals surface area contributed by atoms with Crippen molar-refractivity contribution in [2.24, 2.45) is 5.84 Å². The van der Waals surface area contributed by atoms with E-state index in [2.05, 4.69) is 12.3 Å². The van der Waals surface area contributed by atoms with E-state index < -0.39 is 5.97 Å². The summed E-state index contributed by atoms with van der Waals surface area (Å²) < 4.78 is 0. The highest BCUT2D eigenvalue weighted by atomic mass is 32.1. The number of rotatable bonds is 3. The van der Waals surface area contributed by atoms with Crippen LogP contribution >= 0.6 is 12.2 Å². The third kappa shape index (κ3) is 3.29. The van der Waals surface area contributed by atoms with Gasteiger partial charge in [-0.05, 0) is 18.6 Å². The Morgan fingerprint density at radius 1 is 1.62 bits per heavy atom. The molecule has 92 valence electrons. The van der Waals surface area contributed by atoms with Crippen LogP contribution in [0.5, 0.6) is 0 Å². The Morgan fingerprint density at radius 3 is 2.81 bits per heavy atom. The van der Waals surface area contributed by atoms with E-state index in [0.717, 1.165) is 13.0 Å². The average molecular weight is 246 g/mol. The first-order valence-corrected chi connectivity index (χ1v) is 5.70. The van der Waals surface area contributed by atoms with Crippen LogP contribution in [0, 0.1) is 0 Å². The van der Waals surface area contributed by atoms with Crippen molar-refractivity contribution in [3.05, 3.63) is 0 Å². The lowest BCUT2D eigenvalue weighted by Crippen LogP contribution is -2.58. The van der Waals surface area contributed by atoms with Crippen LogP contribution in [0.25, 0.3) is 0 Å². The summed E-state index contributed by atoms with van der Waals surface area (Å²) in [4.78, 5) is 14.6. The summed E-state index contributed by atoms with van der Waals surface area (Å²) in [6.07, 6.45) is 0.915. The van der Waals surface area contributed by atoms with Gasteiger partial charge in [-0.25, -0.2) is 5.84 Å². The highest BCUT2D eigenvalue weighted by molar-refractivity contribution is 7.80. The molecule has 16 heavy (non-hydrogen) atoms. The van der Waals surface area contributed by atoms with E-state index in [4.69, 9.17) is 23.2 Å². The van der Waals surface area contributed by atoms with E-state index in [1.54, 1.807) is 0 Å². The van der Waals surface area contributed by atoms with E-state index in [1.165, 1.54) is 0 Å². The first kappa shape index (κ1) is 13.1. The van der Waals surface area contributed by atoms with E-state index in [-0.39, 0.29) is 12.6 Å². The molecule has 0 aromatic carbocycles. The van der Waals surface area contributed by atoms with Crippen LogP contribution in [-0.2, 0) is 4.79 Å². The van der Waals surface area contributed by atoms with Crippen LogP contribution in [0.15, 0.2) is 0 Å². The van der Waals surface area contributed by atoms with Gasteiger partial charge >= 0.3 is 5.97 Å². The van der Waals surface area contributed by atoms with Crippen molar-refractivity contribution >= 4 is 23.3 Å². The molecule has 0 saturated carbocycles. The van der Waals surface area contributed by atoms with E-state index >= 15 is 0 Å². The molecule has 1 atom stereocenters. The average Bonchev–Trinajstić information content (AvgIpc) is 2.27. The molecule has 1 aliphatic rings. The zero-order valence-corrected chi connectivity index (χ0v) is 10.2. The zero-order chi connectivity index (χ0) is 12.1. The number of hydrazine groups is 1. The minimum atomic E-state index is -0.789. The molecule has 0 aromatic heterocycles. The maximum atomic E-state index is 10.6. The van der Waals surface area contributed by atoms with Crippen LogP contribution in [0.2, 0.25) is 0 Å². The highest BCUT2D eigenvalue weighted by Gasteiger charge is 2.27. The van der Waals surface area contributed by atoms with Gasteiger partial charge in [-0.3, -0.25) is 9.69 Å². The fraction of sp³-hybridized carbons (Fsp3) is 0.778. The number of aliphatic carboxylic acids is 1. The first-order chi connectivity index (χ1) is 7.58. The van der Waals surface area contributed by atoms with Gasteiger partial charge in [-0.15, -0.1) is 0 Å². The molecule has 0 aromatic rings. The summed E-state index contributed by atoms with van der Waals surface area (Å²) in [6, 6.07) is 0.233. The van der Waals surface area contributed by atoms with Gasteiger partial charge in [-0.2, -0.15) is 0 Å². The molecule has 1 fully saturated rings. The molecule has 0 aliphatic carbocycles. The monoisotopic (exact) mass is 246 g/mol. The fourth-order valence-electron chi connectivity index (χ4n) is 1.95. The standard InChI is InChI=1S/C9H18N4O2S/c1-2-7-5-12(6-8(14)15)3-4-13(7)9(16)11-10/h7H,2-6,10H2,1H3,(H,11,16)(H,14,15). The number of hydrogen-bond donors (Lipinski definition) is 3. The number of carboxylic acid groups (broad SMARTS) is 1. The van der Waals surface area contributed by atoms with Crippen molar-refractivity contribution in [1.82, 2.24) is 15.2 Å². The minimum Gasteiger partial charge on any atom is -0.480 e. The number of nitrogens with zero attached hydrogens (tertiary/aromatic N) is 2. The molecule has 0 radical (unpaired) electrons. The summed E-state index contributed by atoms with van der Waals surface area (Å²) in [5.74, 6) is 4.51. The van der Waals surface area contributed by atoms with Gasteiger partial charge in [-0.1, -0.05) is 6.92 Å². The molecule has 6 nitrogen and oxygen atoms in total. The molecule has 1 unspecified atom stereocenters. The summed E-state index contributed by atoms with van der Waals surface area (Å²) in [5.41, 5.74) is 2.48. The third-order valence-electron chi connectivity index (χ3n) is 2.78. The van der Waals surface area contributed by atoms with E-state index in [1.807, 2.05) is 9.80 Å². The number of nitrogens with one attached hydrogen (secondary N) is 1. The lowest BCUT2D eigenvalue weighted by Gasteiger charge is -2.41. The lowest BCUT2D eigenvalue weighted by molar-refractivity contribution is -0.138. The number of hydrogen-bond acceptors (Lipinski definition) is 4. The number of thiocarbonyl (C=S) groups is 1. The lowest BCUT2D eigenvalue weighted by atomic mass is 10.1. The normalized spacial score (nSPS) is 21.9. The van der Waals surface area contributed by atoms with Crippen molar-refractivity contribution in [3.8, 4) is 0 Å². The molecule has 7 heteroatoms. The second-order valence-electron chi connectivity index (χ2n) is 3.83. The SMILES string of the molecule is CCC1CN(CC(=O)O)CCN1C(=S)NN. The van der Waals surface area contributed by atoms with E-state index in [9.17, 15) is 4.79 Å². The molecule has 0 spiro atoms. The van der Waals surface area contributed by atoms with Crippen molar-refractivity contribution < 1.29 is 9.90 Å². The predicted molar refractivity (Wildman–Crippen MR) is 64.8 cm³/mol. The van der Waals surface area contributed by atoms with Gasteiger partial charge in [0.05, 0.1) is 6.54 Å². The highest BCUT2D eigenvalue weighted by Crippen LogP contribution is 2.12. The van der Waals surface area contributed by atoms with E-state index in [0.29, 0.717) is 18.2 Å². The predicted octanol–water partition coefficient (Wildman–Crippen LogP) is -0.785. The molecule has 0 amide bonds.